The van der Waals surface area contributed by atoms with E-state index in [4.69, 9.17) is 0 Å². The van der Waals surface area contributed by atoms with E-state index in [1.807, 2.05) is 4.90 Å². The molecule has 1 N–H and O–H groups in total. The standard InChI is InChI=1S/C15H23N3OS/c1-17(2)15(6-3-4-7-15)11-18-13(19)9-16-14(18)12-5-8-20-10-12/h5,8,10,14,16H,3-4,6-7,9,11H2,1-2H3. The zero-order valence-corrected chi connectivity index (χ0v) is 13.1. The van der Waals surface area contributed by atoms with Crippen LogP contribution >= 0.6 is 11.3 Å². The third kappa shape index (κ3) is 2.38. The Hall–Kier alpha value is -0.910. The SMILES string of the molecule is CN(C)C1(CN2C(=O)CNC2c2ccsc2)CCCC1. The van der Waals surface area contributed by atoms with E-state index in [2.05, 4.69) is 41.1 Å². The molecule has 2 aliphatic rings. The summed E-state index contributed by atoms with van der Waals surface area (Å²) in [7, 11) is 4.30. The second kappa shape index (κ2) is 5.47. The first-order valence-electron chi connectivity index (χ1n) is 7.35. The lowest BCUT2D eigenvalue weighted by molar-refractivity contribution is -0.129. The van der Waals surface area contributed by atoms with Gasteiger partial charge >= 0.3 is 0 Å². The highest BCUT2D eigenvalue weighted by molar-refractivity contribution is 7.07. The molecule has 1 aromatic heterocycles. The molecule has 4 nitrogen and oxygen atoms in total. The Bertz CT molecular complexity index is 465. The molecule has 0 spiro atoms. The summed E-state index contributed by atoms with van der Waals surface area (Å²) in [4.78, 5) is 16.7. The molecule has 1 amide bonds. The van der Waals surface area contributed by atoms with Crippen LogP contribution in [0.15, 0.2) is 16.8 Å². The lowest BCUT2D eigenvalue weighted by atomic mass is 9.95. The number of nitrogens with one attached hydrogen (secondary N) is 1. The third-order valence-electron chi connectivity index (χ3n) is 4.89. The molecule has 1 unspecified atom stereocenters. The first-order chi connectivity index (χ1) is 9.62. The number of thiophene rings is 1. The van der Waals surface area contributed by atoms with Crippen molar-refractivity contribution in [3.05, 3.63) is 22.4 Å². The van der Waals surface area contributed by atoms with Crippen LogP contribution in [-0.2, 0) is 4.79 Å². The number of carbonyl (C=O) groups excluding carboxylic acids is 1. The summed E-state index contributed by atoms with van der Waals surface area (Å²) in [6, 6.07) is 2.12. The Morgan fingerprint density at radius 2 is 2.20 bits per heavy atom. The van der Waals surface area contributed by atoms with Gasteiger partial charge in [-0.05, 0) is 49.3 Å². The van der Waals surface area contributed by atoms with Gasteiger partial charge in [0.25, 0.3) is 0 Å². The molecule has 1 aliphatic heterocycles. The van der Waals surface area contributed by atoms with E-state index in [1.54, 1.807) is 11.3 Å². The van der Waals surface area contributed by atoms with Crippen molar-refractivity contribution in [2.24, 2.45) is 0 Å². The minimum absolute atomic E-state index is 0.0613. The first kappa shape index (κ1) is 14.0. The van der Waals surface area contributed by atoms with Gasteiger partial charge in [-0.15, -0.1) is 0 Å². The van der Waals surface area contributed by atoms with Crippen LogP contribution in [0.3, 0.4) is 0 Å². The topological polar surface area (TPSA) is 35.6 Å². The second-order valence-corrected chi connectivity index (χ2v) is 6.97. The highest BCUT2D eigenvalue weighted by Gasteiger charge is 2.42. The third-order valence-corrected chi connectivity index (χ3v) is 5.59. The molecule has 0 radical (unpaired) electrons. The monoisotopic (exact) mass is 293 g/mol. The number of amides is 1. The number of likely N-dealkylation sites (N-methyl/N-ethyl adjacent to an activating group) is 1. The Kier molecular flexibility index (Phi) is 3.84. The Labute approximate surface area is 124 Å². The fourth-order valence-corrected chi connectivity index (χ4v) is 4.22. The van der Waals surface area contributed by atoms with Crippen LogP contribution in [-0.4, -0.2) is 48.4 Å². The van der Waals surface area contributed by atoms with E-state index in [1.165, 1.54) is 31.2 Å². The van der Waals surface area contributed by atoms with Gasteiger partial charge in [-0.25, -0.2) is 0 Å². The molecular weight excluding hydrogens is 270 g/mol. The van der Waals surface area contributed by atoms with Crippen LogP contribution in [0.1, 0.15) is 37.4 Å². The van der Waals surface area contributed by atoms with Crippen LogP contribution < -0.4 is 5.32 Å². The molecule has 2 fully saturated rings. The quantitative estimate of drug-likeness (QED) is 0.923. The Morgan fingerprint density at radius 3 is 2.80 bits per heavy atom. The maximum absolute atomic E-state index is 12.3. The van der Waals surface area contributed by atoms with E-state index >= 15 is 0 Å². The van der Waals surface area contributed by atoms with Crippen molar-refractivity contribution < 1.29 is 4.79 Å². The van der Waals surface area contributed by atoms with Crippen molar-refractivity contribution in [1.29, 1.82) is 0 Å². The predicted octanol–water partition coefficient (Wildman–Crippen LogP) is 2.05. The van der Waals surface area contributed by atoms with Gasteiger partial charge in [0.15, 0.2) is 0 Å². The lowest BCUT2D eigenvalue weighted by Gasteiger charge is -2.41. The largest absolute Gasteiger partial charge is 0.320 e. The average Bonchev–Trinajstić information content (AvgIpc) is 3.13. The highest BCUT2D eigenvalue weighted by Crippen LogP contribution is 2.37. The van der Waals surface area contributed by atoms with Crippen LogP contribution in [0.5, 0.6) is 0 Å². The fraction of sp³-hybridized carbons (Fsp3) is 0.667. The van der Waals surface area contributed by atoms with E-state index in [-0.39, 0.29) is 17.6 Å². The van der Waals surface area contributed by atoms with Crippen LogP contribution in [0, 0.1) is 0 Å². The summed E-state index contributed by atoms with van der Waals surface area (Å²) in [6.45, 7) is 1.30. The Balaban J connectivity index is 1.82. The highest BCUT2D eigenvalue weighted by atomic mass is 32.1. The van der Waals surface area contributed by atoms with Gasteiger partial charge in [0.2, 0.25) is 5.91 Å². The van der Waals surface area contributed by atoms with Crippen molar-refractivity contribution in [3.8, 4) is 0 Å². The normalized spacial score (nSPS) is 25.9. The van der Waals surface area contributed by atoms with Gasteiger partial charge in [0.05, 0.1) is 6.54 Å². The summed E-state index contributed by atoms with van der Waals surface area (Å²) in [5.41, 5.74) is 1.38. The summed E-state index contributed by atoms with van der Waals surface area (Å²) in [5, 5.41) is 7.57. The van der Waals surface area contributed by atoms with Crippen molar-refractivity contribution >= 4 is 17.2 Å². The molecule has 1 aromatic rings. The molecule has 1 atom stereocenters. The molecule has 1 saturated heterocycles. The average molecular weight is 293 g/mol. The summed E-state index contributed by atoms with van der Waals surface area (Å²) < 4.78 is 0. The zero-order chi connectivity index (χ0) is 14.2. The molecule has 20 heavy (non-hydrogen) atoms. The molecule has 0 aromatic carbocycles. The van der Waals surface area contributed by atoms with Gasteiger partial charge in [-0.2, -0.15) is 11.3 Å². The van der Waals surface area contributed by atoms with E-state index in [9.17, 15) is 4.79 Å². The van der Waals surface area contributed by atoms with E-state index < -0.39 is 0 Å². The number of hydrogen-bond acceptors (Lipinski definition) is 4. The van der Waals surface area contributed by atoms with Gasteiger partial charge in [0.1, 0.15) is 6.17 Å². The van der Waals surface area contributed by atoms with Crippen LogP contribution in [0.25, 0.3) is 0 Å². The van der Waals surface area contributed by atoms with Gasteiger partial charge in [-0.1, -0.05) is 12.8 Å². The summed E-state index contributed by atoms with van der Waals surface area (Å²) in [6.07, 6.45) is 5.00. The summed E-state index contributed by atoms with van der Waals surface area (Å²) in [5.74, 6) is 0.231. The minimum atomic E-state index is 0.0613. The van der Waals surface area contributed by atoms with Crippen molar-refractivity contribution in [3.63, 3.8) is 0 Å². The second-order valence-electron chi connectivity index (χ2n) is 6.19. The zero-order valence-electron chi connectivity index (χ0n) is 12.3. The predicted molar refractivity (Wildman–Crippen MR) is 81.7 cm³/mol. The van der Waals surface area contributed by atoms with Gasteiger partial charge < -0.3 is 9.80 Å². The number of rotatable bonds is 4. The van der Waals surface area contributed by atoms with Gasteiger partial charge in [-0.3, -0.25) is 10.1 Å². The molecule has 5 heteroatoms. The number of carbonyl (C=O) groups is 1. The maximum Gasteiger partial charge on any atom is 0.238 e. The number of nitrogens with zero attached hydrogens (tertiary/aromatic N) is 2. The van der Waals surface area contributed by atoms with Crippen molar-refractivity contribution in [2.45, 2.75) is 37.4 Å². The fourth-order valence-electron chi connectivity index (χ4n) is 3.54. The molecular formula is C15H23N3OS. The van der Waals surface area contributed by atoms with Gasteiger partial charge in [0, 0.05) is 12.1 Å². The smallest absolute Gasteiger partial charge is 0.238 e. The number of hydrogen-bond donors (Lipinski definition) is 1. The van der Waals surface area contributed by atoms with Crippen LogP contribution in [0.4, 0.5) is 0 Å². The van der Waals surface area contributed by atoms with E-state index in [0.717, 1.165) is 6.54 Å². The van der Waals surface area contributed by atoms with Crippen molar-refractivity contribution in [1.82, 2.24) is 15.1 Å². The summed E-state index contributed by atoms with van der Waals surface area (Å²) >= 11 is 1.69. The van der Waals surface area contributed by atoms with Crippen molar-refractivity contribution in [2.75, 3.05) is 27.2 Å². The molecule has 3 rings (SSSR count). The molecule has 1 saturated carbocycles. The van der Waals surface area contributed by atoms with Crippen LogP contribution in [0.2, 0.25) is 0 Å². The first-order valence-corrected chi connectivity index (χ1v) is 8.29. The van der Waals surface area contributed by atoms with E-state index in [0.29, 0.717) is 6.54 Å². The Morgan fingerprint density at radius 1 is 1.45 bits per heavy atom. The molecule has 2 heterocycles. The molecule has 0 bridgehead atoms. The maximum atomic E-state index is 12.3. The molecule has 110 valence electrons. The minimum Gasteiger partial charge on any atom is -0.320 e. The molecule has 1 aliphatic carbocycles. The lowest BCUT2D eigenvalue weighted by Crippen LogP contribution is -2.52.